The maximum atomic E-state index is 13.7. The summed E-state index contributed by atoms with van der Waals surface area (Å²) in [4.78, 5) is 18.3. The highest BCUT2D eigenvalue weighted by Crippen LogP contribution is 2.51. The minimum atomic E-state index is -0.350. The Balaban J connectivity index is 1.60. The maximum absolute atomic E-state index is 13.7. The highest BCUT2D eigenvalue weighted by Gasteiger charge is 2.39. The Morgan fingerprint density at radius 1 is 0.879 bits per heavy atom. The molecule has 0 saturated heterocycles. The lowest BCUT2D eigenvalue weighted by Gasteiger charge is -2.37. The quantitative estimate of drug-likeness (QED) is 0.327. The molecule has 0 spiro atoms. The molecule has 2 heterocycles. The Kier molecular flexibility index (Phi) is 4.97. The van der Waals surface area contributed by atoms with Crippen molar-refractivity contribution in [1.29, 1.82) is 0 Å². The molecule has 3 aromatic carbocycles. The lowest BCUT2D eigenvalue weighted by atomic mass is 9.72. The smallest absolute Gasteiger partial charge is 0.162 e. The number of ketones is 1. The molecule has 0 saturated carbocycles. The van der Waals surface area contributed by atoms with Gasteiger partial charge in [-0.2, -0.15) is 0 Å². The van der Waals surface area contributed by atoms with E-state index >= 15 is 0 Å². The van der Waals surface area contributed by atoms with E-state index in [1.807, 2.05) is 42.5 Å². The van der Waals surface area contributed by atoms with Gasteiger partial charge in [0.15, 0.2) is 5.78 Å². The first kappa shape index (κ1) is 20.5. The molecule has 2 atom stereocenters. The number of fused-ring (bicyclic) bond motifs is 4. The summed E-state index contributed by atoms with van der Waals surface area (Å²) in [6, 6.07) is 23.6. The zero-order valence-electron chi connectivity index (χ0n) is 17.7. The van der Waals surface area contributed by atoms with Gasteiger partial charge in [-0.15, -0.1) is 0 Å². The first-order valence-corrected chi connectivity index (χ1v) is 11.8. The fourth-order valence-corrected chi connectivity index (χ4v) is 5.68. The minimum absolute atomic E-state index is 0.130. The standard InChI is InChI=1S/C28H20Cl2N2O/c29-21-10-4-8-19(27(21)30)28-26-20(14-17(15-24(26)33)16-6-2-1-3-7-16)25-18-9-5-13-31-22(18)11-12-23(25)32-28/h1-13,17,28,32H,14-15H2. The Labute approximate surface area is 202 Å². The number of allylic oxidation sites excluding steroid dienone is 1. The molecule has 1 aliphatic heterocycles. The summed E-state index contributed by atoms with van der Waals surface area (Å²) in [6.45, 7) is 0. The molecule has 0 radical (unpaired) electrons. The van der Waals surface area contributed by atoms with Crippen LogP contribution in [0.15, 0.2) is 84.6 Å². The Bertz CT molecular complexity index is 1450. The van der Waals surface area contributed by atoms with Crippen molar-refractivity contribution < 1.29 is 4.79 Å². The van der Waals surface area contributed by atoms with E-state index in [-0.39, 0.29) is 17.7 Å². The Morgan fingerprint density at radius 3 is 2.58 bits per heavy atom. The second-order valence-electron chi connectivity index (χ2n) is 8.61. The van der Waals surface area contributed by atoms with Crippen LogP contribution in [-0.4, -0.2) is 10.8 Å². The lowest BCUT2D eigenvalue weighted by Crippen LogP contribution is -2.29. The number of nitrogens with one attached hydrogen (secondary N) is 1. The molecule has 2 aliphatic rings. The number of benzene rings is 3. The summed E-state index contributed by atoms with van der Waals surface area (Å²) in [7, 11) is 0. The summed E-state index contributed by atoms with van der Waals surface area (Å²) in [5.74, 6) is 0.274. The number of Topliss-reactive ketones (excluding diaryl/α,β-unsaturated/α-hetero) is 1. The Morgan fingerprint density at radius 2 is 1.73 bits per heavy atom. The van der Waals surface area contributed by atoms with Crippen LogP contribution in [0.25, 0.3) is 16.5 Å². The molecule has 0 bridgehead atoms. The number of aromatic nitrogens is 1. The fourth-order valence-electron chi connectivity index (χ4n) is 5.27. The number of rotatable bonds is 2. The van der Waals surface area contributed by atoms with E-state index in [1.54, 1.807) is 12.3 Å². The van der Waals surface area contributed by atoms with Gasteiger partial charge in [0.25, 0.3) is 0 Å². The van der Waals surface area contributed by atoms with E-state index in [0.717, 1.165) is 45.3 Å². The molecule has 0 fully saturated rings. The zero-order valence-corrected chi connectivity index (χ0v) is 19.2. The zero-order chi connectivity index (χ0) is 22.5. The molecular weight excluding hydrogens is 451 g/mol. The van der Waals surface area contributed by atoms with E-state index in [9.17, 15) is 4.79 Å². The van der Waals surface area contributed by atoms with Crippen molar-refractivity contribution in [1.82, 2.24) is 4.98 Å². The molecule has 6 rings (SSSR count). The van der Waals surface area contributed by atoms with E-state index in [1.165, 1.54) is 5.56 Å². The number of halogens is 2. The van der Waals surface area contributed by atoms with Crippen molar-refractivity contribution >= 4 is 51.1 Å². The van der Waals surface area contributed by atoms with Crippen LogP contribution >= 0.6 is 23.2 Å². The molecule has 5 heteroatoms. The average molecular weight is 471 g/mol. The first-order valence-electron chi connectivity index (χ1n) is 11.0. The van der Waals surface area contributed by atoms with Gasteiger partial charge in [-0.25, -0.2) is 0 Å². The van der Waals surface area contributed by atoms with Gasteiger partial charge >= 0.3 is 0 Å². The second kappa shape index (κ2) is 8.02. The average Bonchev–Trinajstić information content (AvgIpc) is 2.85. The largest absolute Gasteiger partial charge is 0.373 e. The fraction of sp³-hybridized carbons (Fsp3) is 0.143. The number of hydrogen-bond acceptors (Lipinski definition) is 3. The van der Waals surface area contributed by atoms with E-state index in [0.29, 0.717) is 16.5 Å². The SMILES string of the molecule is O=C1CC(c2ccccc2)CC2=C1C(c1cccc(Cl)c1Cl)Nc1ccc3ncccc3c12. The van der Waals surface area contributed by atoms with Gasteiger partial charge in [-0.1, -0.05) is 71.7 Å². The van der Waals surface area contributed by atoms with Crippen LogP contribution in [0.5, 0.6) is 0 Å². The highest BCUT2D eigenvalue weighted by molar-refractivity contribution is 6.42. The lowest BCUT2D eigenvalue weighted by molar-refractivity contribution is -0.116. The van der Waals surface area contributed by atoms with Crippen molar-refractivity contribution in [2.45, 2.75) is 24.8 Å². The van der Waals surface area contributed by atoms with Gasteiger partial charge in [0.05, 0.1) is 21.6 Å². The van der Waals surface area contributed by atoms with E-state index in [2.05, 4.69) is 34.6 Å². The van der Waals surface area contributed by atoms with Gasteiger partial charge in [0, 0.05) is 34.8 Å². The predicted octanol–water partition coefficient (Wildman–Crippen LogP) is 7.61. The summed E-state index contributed by atoms with van der Waals surface area (Å²) in [5, 5.41) is 5.62. The number of nitrogens with zero attached hydrogens (tertiary/aromatic N) is 1. The molecule has 3 nitrogen and oxygen atoms in total. The van der Waals surface area contributed by atoms with Crippen molar-refractivity contribution in [2.24, 2.45) is 0 Å². The molecule has 1 aliphatic carbocycles. The van der Waals surface area contributed by atoms with Gasteiger partial charge in [0.2, 0.25) is 0 Å². The van der Waals surface area contributed by atoms with Crippen LogP contribution in [-0.2, 0) is 4.79 Å². The second-order valence-corrected chi connectivity index (χ2v) is 9.40. The van der Waals surface area contributed by atoms with Crippen LogP contribution in [0.3, 0.4) is 0 Å². The molecule has 0 amide bonds. The highest BCUT2D eigenvalue weighted by atomic mass is 35.5. The Hall–Kier alpha value is -3.14. The van der Waals surface area contributed by atoms with E-state index < -0.39 is 0 Å². The van der Waals surface area contributed by atoms with Gasteiger partial charge in [-0.05, 0) is 53.3 Å². The number of pyridine rings is 1. The van der Waals surface area contributed by atoms with Crippen molar-refractivity contribution in [2.75, 3.05) is 5.32 Å². The summed E-state index contributed by atoms with van der Waals surface area (Å²) in [5.41, 5.74) is 6.84. The summed E-state index contributed by atoms with van der Waals surface area (Å²) < 4.78 is 0. The van der Waals surface area contributed by atoms with E-state index in [4.69, 9.17) is 23.2 Å². The molecule has 33 heavy (non-hydrogen) atoms. The number of carbonyl (C=O) groups is 1. The van der Waals surface area contributed by atoms with Gasteiger partial charge in [0.1, 0.15) is 0 Å². The topological polar surface area (TPSA) is 42.0 Å². The van der Waals surface area contributed by atoms with Crippen LogP contribution in [0.2, 0.25) is 10.0 Å². The summed E-state index contributed by atoms with van der Waals surface area (Å²) >= 11 is 13.0. The van der Waals surface area contributed by atoms with Crippen LogP contribution in [0, 0.1) is 0 Å². The normalized spacial score (nSPS) is 19.8. The van der Waals surface area contributed by atoms with Gasteiger partial charge in [-0.3, -0.25) is 9.78 Å². The number of carbonyl (C=O) groups excluding carboxylic acids is 1. The third kappa shape index (κ3) is 3.35. The molecule has 2 unspecified atom stereocenters. The van der Waals surface area contributed by atoms with Crippen molar-refractivity contribution in [3.05, 3.63) is 111 Å². The third-order valence-electron chi connectivity index (χ3n) is 6.75. The van der Waals surface area contributed by atoms with Crippen molar-refractivity contribution in [3.8, 4) is 0 Å². The number of anilines is 1. The predicted molar refractivity (Wildman–Crippen MR) is 135 cm³/mol. The molecule has 1 N–H and O–H groups in total. The molecule has 4 aromatic rings. The first-order chi connectivity index (χ1) is 16.1. The van der Waals surface area contributed by atoms with Crippen LogP contribution < -0.4 is 5.32 Å². The molecular formula is C28H20Cl2N2O. The third-order valence-corrected chi connectivity index (χ3v) is 7.58. The number of hydrogen-bond donors (Lipinski definition) is 1. The molecule has 162 valence electrons. The monoisotopic (exact) mass is 470 g/mol. The van der Waals surface area contributed by atoms with Crippen molar-refractivity contribution in [3.63, 3.8) is 0 Å². The van der Waals surface area contributed by atoms with Crippen LogP contribution in [0.1, 0.15) is 41.5 Å². The van der Waals surface area contributed by atoms with Gasteiger partial charge < -0.3 is 5.32 Å². The summed E-state index contributed by atoms with van der Waals surface area (Å²) in [6.07, 6.45) is 3.05. The maximum Gasteiger partial charge on any atom is 0.162 e. The van der Waals surface area contributed by atoms with Crippen LogP contribution in [0.4, 0.5) is 5.69 Å². The minimum Gasteiger partial charge on any atom is -0.373 e. The molecule has 1 aromatic heterocycles.